The molecule has 3 heteroatoms. The zero-order valence-corrected chi connectivity index (χ0v) is 11.2. The van der Waals surface area contributed by atoms with Gasteiger partial charge in [-0.1, -0.05) is 18.9 Å². The van der Waals surface area contributed by atoms with E-state index >= 15 is 0 Å². The van der Waals surface area contributed by atoms with Crippen LogP contribution in [0.15, 0.2) is 18.2 Å². The minimum atomic E-state index is -0.116. The van der Waals surface area contributed by atoms with Gasteiger partial charge in [0.25, 0.3) is 0 Å². The van der Waals surface area contributed by atoms with Gasteiger partial charge >= 0.3 is 0 Å². The summed E-state index contributed by atoms with van der Waals surface area (Å²) in [6.07, 6.45) is 5.56. The van der Waals surface area contributed by atoms with Crippen molar-refractivity contribution in [2.75, 3.05) is 18.0 Å². The normalized spacial score (nSPS) is 20.8. The Bertz CT molecular complexity index is 392. The van der Waals surface area contributed by atoms with Crippen LogP contribution in [0.25, 0.3) is 0 Å². The fourth-order valence-electron chi connectivity index (χ4n) is 2.84. The lowest BCUT2D eigenvalue weighted by Crippen LogP contribution is -2.33. The quantitative estimate of drug-likeness (QED) is 0.893. The molecule has 2 N–H and O–H groups in total. The molecule has 0 spiro atoms. The first-order valence-electron chi connectivity index (χ1n) is 6.98. The van der Waals surface area contributed by atoms with Crippen molar-refractivity contribution in [2.45, 2.75) is 45.1 Å². The van der Waals surface area contributed by atoms with Crippen molar-refractivity contribution < 1.29 is 4.39 Å². The summed E-state index contributed by atoms with van der Waals surface area (Å²) in [6.45, 7) is 3.76. The molecule has 1 heterocycles. The topological polar surface area (TPSA) is 29.3 Å². The van der Waals surface area contributed by atoms with Crippen LogP contribution in [0.3, 0.4) is 0 Å². The molecular weight excluding hydrogens is 227 g/mol. The molecule has 0 amide bonds. The zero-order valence-electron chi connectivity index (χ0n) is 11.2. The highest BCUT2D eigenvalue weighted by Crippen LogP contribution is 2.29. The summed E-state index contributed by atoms with van der Waals surface area (Å²) in [6, 6.07) is 5.88. The molecule has 2 nitrogen and oxygen atoms in total. The molecule has 1 aliphatic rings. The Balaban J connectivity index is 2.32. The SMILES string of the molecule is CC1CCCCCN1c1cccc(F)c1CCN. The Hall–Kier alpha value is -1.09. The second-order valence-corrected chi connectivity index (χ2v) is 5.17. The van der Waals surface area contributed by atoms with Crippen LogP contribution in [-0.4, -0.2) is 19.1 Å². The van der Waals surface area contributed by atoms with Crippen molar-refractivity contribution in [1.82, 2.24) is 0 Å². The molecule has 2 rings (SSSR count). The van der Waals surface area contributed by atoms with Crippen molar-refractivity contribution in [3.63, 3.8) is 0 Å². The molecule has 1 unspecified atom stereocenters. The molecule has 0 saturated carbocycles. The third-order valence-electron chi connectivity index (χ3n) is 3.85. The summed E-state index contributed by atoms with van der Waals surface area (Å²) < 4.78 is 13.9. The fraction of sp³-hybridized carbons (Fsp3) is 0.600. The predicted molar refractivity (Wildman–Crippen MR) is 74.4 cm³/mol. The third kappa shape index (κ3) is 2.83. The molecule has 100 valence electrons. The highest BCUT2D eigenvalue weighted by atomic mass is 19.1. The number of nitrogens with two attached hydrogens (primary N) is 1. The minimum absolute atomic E-state index is 0.116. The van der Waals surface area contributed by atoms with Crippen molar-refractivity contribution >= 4 is 5.69 Å². The first-order chi connectivity index (χ1) is 8.74. The largest absolute Gasteiger partial charge is 0.369 e. The number of nitrogens with zero attached hydrogens (tertiary/aromatic N) is 1. The maximum Gasteiger partial charge on any atom is 0.128 e. The van der Waals surface area contributed by atoms with Gasteiger partial charge in [0, 0.05) is 23.8 Å². The maximum atomic E-state index is 13.9. The van der Waals surface area contributed by atoms with Crippen LogP contribution in [0.1, 0.15) is 38.2 Å². The lowest BCUT2D eigenvalue weighted by atomic mass is 10.1. The highest BCUT2D eigenvalue weighted by molar-refractivity contribution is 5.55. The van der Waals surface area contributed by atoms with E-state index in [1.807, 2.05) is 12.1 Å². The molecule has 0 radical (unpaired) electrons. The molecule has 1 saturated heterocycles. The molecule has 0 bridgehead atoms. The summed E-state index contributed by atoms with van der Waals surface area (Å²) in [4.78, 5) is 2.36. The van der Waals surface area contributed by atoms with Gasteiger partial charge in [0.05, 0.1) is 0 Å². The van der Waals surface area contributed by atoms with Crippen molar-refractivity contribution in [3.8, 4) is 0 Å². The van der Waals surface area contributed by atoms with E-state index in [0.29, 0.717) is 19.0 Å². The van der Waals surface area contributed by atoms with Gasteiger partial charge in [-0.05, 0) is 44.9 Å². The highest BCUT2D eigenvalue weighted by Gasteiger charge is 2.20. The van der Waals surface area contributed by atoms with Gasteiger partial charge < -0.3 is 10.6 Å². The molecule has 1 atom stereocenters. The third-order valence-corrected chi connectivity index (χ3v) is 3.85. The number of hydrogen-bond donors (Lipinski definition) is 1. The fourth-order valence-corrected chi connectivity index (χ4v) is 2.84. The van der Waals surface area contributed by atoms with Gasteiger partial charge in [0.2, 0.25) is 0 Å². The summed E-state index contributed by atoms with van der Waals surface area (Å²) in [5.41, 5.74) is 7.44. The zero-order chi connectivity index (χ0) is 13.0. The number of halogens is 1. The van der Waals surface area contributed by atoms with Crippen LogP contribution in [0, 0.1) is 5.82 Å². The Kier molecular flexibility index (Phi) is 4.59. The minimum Gasteiger partial charge on any atom is -0.369 e. The van der Waals surface area contributed by atoms with Crippen LogP contribution in [-0.2, 0) is 6.42 Å². The monoisotopic (exact) mass is 250 g/mol. The van der Waals surface area contributed by atoms with E-state index in [1.54, 1.807) is 0 Å². The Morgan fingerprint density at radius 3 is 2.94 bits per heavy atom. The second-order valence-electron chi connectivity index (χ2n) is 5.17. The van der Waals surface area contributed by atoms with Gasteiger partial charge in [0.1, 0.15) is 5.82 Å². The van der Waals surface area contributed by atoms with Gasteiger partial charge in [-0.2, -0.15) is 0 Å². The van der Waals surface area contributed by atoms with Crippen molar-refractivity contribution in [1.29, 1.82) is 0 Å². The van der Waals surface area contributed by atoms with Crippen LogP contribution >= 0.6 is 0 Å². The molecular formula is C15H23FN2. The standard InChI is InChI=1S/C15H23FN2/c1-12-6-3-2-4-11-18(12)15-8-5-7-14(16)13(15)9-10-17/h5,7-8,12H,2-4,6,9-11,17H2,1H3. The van der Waals surface area contributed by atoms with E-state index in [-0.39, 0.29) is 5.82 Å². The molecule has 0 aliphatic carbocycles. The van der Waals surface area contributed by atoms with E-state index in [9.17, 15) is 4.39 Å². The van der Waals surface area contributed by atoms with Gasteiger partial charge in [-0.15, -0.1) is 0 Å². The summed E-state index contributed by atoms with van der Waals surface area (Å²) in [5.74, 6) is -0.116. The average molecular weight is 250 g/mol. The summed E-state index contributed by atoms with van der Waals surface area (Å²) >= 11 is 0. The first kappa shape index (κ1) is 13.3. The molecule has 1 fully saturated rings. The Morgan fingerprint density at radius 1 is 1.33 bits per heavy atom. The summed E-state index contributed by atoms with van der Waals surface area (Å²) in [5, 5.41) is 0. The van der Waals surface area contributed by atoms with Crippen molar-refractivity contribution in [3.05, 3.63) is 29.6 Å². The van der Waals surface area contributed by atoms with Crippen LogP contribution in [0.5, 0.6) is 0 Å². The number of benzene rings is 1. The van der Waals surface area contributed by atoms with Crippen LogP contribution < -0.4 is 10.6 Å². The van der Waals surface area contributed by atoms with E-state index in [0.717, 1.165) is 17.8 Å². The lowest BCUT2D eigenvalue weighted by Gasteiger charge is -2.31. The Labute approximate surface area is 109 Å². The number of rotatable bonds is 3. The Morgan fingerprint density at radius 2 is 2.17 bits per heavy atom. The molecule has 1 aromatic rings. The van der Waals surface area contributed by atoms with E-state index in [4.69, 9.17) is 5.73 Å². The van der Waals surface area contributed by atoms with Gasteiger partial charge in [-0.25, -0.2) is 4.39 Å². The first-order valence-corrected chi connectivity index (χ1v) is 6.98. The molecule has 1 aromatic carbocycles. The maximum absolute atomic E-state index is 13.9. The number of hydrogen-bond acceptors (Lipinski definition) is 2. The molecule has 18 heavy (non-hydrogen) atoms. The van der Waals surface area contributed by atoms with Gasteiger partial charge in [0.15, 0.2) is 0 Å². The second kappa shape index (κ2) is 6.19. The lowest BCUT2D eigenvalue weighted by molar-refractivity contribution is 0.592. The van der Waals surface area contributed by atoms with E-state index in [1.165, 1.54) is 31.7 Å². The smallest absolute Gasteiger partial charge is 0.128 e. The van der Waals surface area contributed by atoms with E-state index in [2.05, 4.69) is 11.8 Å². The molecule has 0 aromatic heterocycles. The van der Waals surface area contributed by atoms with E-state index < -0.39 is 0 Å². The van der Waals surface area contributed by atoms with Crippen LogP contribution in [0.2, 0.25) is 0 Å². The van der Waals surface area contributed by atoms with Gasteiger partial charge in [-0.3, -0.25) is 0 Å². The average Bonchev–Trinajstić information content (AvgIpc) is 2.57. The summed E-state index contributed by atoms with van der Waals surface area (Å²) in [7, 11) is 0. The molecule has 1 aliphatic heterocycles. The predicted octanol–water partition coefficient (Wildman–Crippen LogP) is 3.10. The number of anilines is 1. The van der Waals surface area contributed by atoms with Crippen LogP contribution in [0.4, 0.5) is 10.1 Å². The van der Waals surface area contributed by atoms with Crippen molar-refractivity contribution in [2.24, 2.45) is 5.73 Å².